The lowest BCUT2D eigenvalue weighted by atomic mass is 10.0. The summed E-state index contributed by atoms with van der Waals surface area (Å²) in [5.41, 5.74) is 2.71. The predicted molar refractivity (Wildman–Crippen MR) is 70.2 cm³/mol. The van der Waals surface area contributed by atoms with Crippen LogP contribution in [-0.4, -0.2) is 12.9 Å². The third kappa shape index (κ3) is 2.24. The Labute approximate surface area is 105 Å². The Morgan fingerprint density at radius 1 is 1.24 bits per heavy atom. The zero-order chi connectivity index (χ0) is 12.4. The molecule has 0 fully saturated rings. The average Bonchev–Trinajstić information content (AvgIpc) is 2.81. The van der Waals surface area contributed by atoms with Crippen molar-refractivity contribution in [2.75, 3.05) is 7.11 Å². The van der Waals surface area contributed by atoms with Crippen LogP contribution in [0.5, 0.6) is 5.75 Å². The molecule has 0 aliphatic rings. The molecule has 0 amide bonds. The zero-order valence-corrected chi connectivity index (χ0v) is 10.9. The van der Waals surface area contributed by atoms with Gasteiger partial charge in [-0.25, -0.2) is 0 Å². The highest BCUT2D eigenvalue weighted by atomic mass is 32.1. The fourth-order valence-electron chi connectivity index (χ4n) is 1.95. The number of hydrogen-bond acceptors (Lipinski definition) is 3. The molecule has 1 aromatic carbocycles. The first-order valence-corrected chi connectivity index (χ1v) is 6.25. The van der Waals surface area contributed by atoms with Gasteiger partial charge in [-0.15, -0.1) is 11.3 Å². The fraction of sp³-hybridized carbons (Fsp3) is 0.214. The summed E-state index contributed by atoms with van der Waals surface area (Å²) in [5.74, 6) is 0.932. The molecule has 2 nitrogen and oxygen atoms in total. The smallest absolute Gasteiger partial charge is 0.202 e. The van der Waals surface area contributed by atoms with E-state index in [1.165, 1.54) is 11.3 Å². The van der Waals surface area contributed by atoms with E-state index in [1.54, 1.807) is 7.11 Å². The van der Waals surface area contributed by atoms with Crippen LogP contribution in [0.4, 0.5) is 0 Å². The molecule has 1 heterocycles. The Morgan fingerprint density at radius 2 is 1.88 bits per heavy atom. The van der Waals surface area contributed by atoms with Crippen LogP contribution in [0.3, 0.4) is 0 Å². The molecule has 0 aliphatic heterocycles. The van der Waals surface area contributed by atoms with Crippen molar-refractivity contribution in [3.05, 3.63) is 51.2 Å². The first-order valence-electron chi connectivity index (χ1n) is 5.37. The number of benzene rings is 1. The molecule has 88 valence electrons. The third-order valence-electron chi connectivity index (χ3n) is 2.67. The first kappa shape index (κ1) is 11.9. The minimum Gasteiger partial charge on any atom is -0.496 e. The second kappa shape index (κ2) is 4.72. The average molecular weight is 246 g/mol. The zero-order valence-electron chi connectivity index (χ0n) is 10.1. The second-order valence-electron chi connectivity index (χ2n) is 3.95. The maximum Gasteiger partial charge on any atom is 0.202 e. The van der Waals surface area contributed by atoms with Gasteiger partial charge in [0.05, 0.1) is 12.0 Å². The van der Waals surface area contributed by atoms with Crippen molar-refractivity contribution in [3.8, 4) is 5.75 Å². The van der Waals surface area contributed by atoms with Gasteiger partial charge in [0.25, 0.3) is 0 Å². The van der Waals surface area contributed by atoms with Crippen molar-refractivity contribution < 1.29 is 9.53 Å². The molecule has 2 rings (SSSR count). The summed E-state index contributed by atoms with van der Waals surface area (Å²) >= 11 is 1.47. The standard InChI is InChI=1S/C14H14O2S/c1-9-7-11(8-10(2)14(9)16-3)13(15)12-5-4-6-17-12/h4-8H,1-3H3. The maximum absolute atomic E-state index is 12.2. The van der Waals surface area contributed by atoms with Crippen molar-refractivity contribution in [1.82, 2.24) is 0 Å². The molecular weight excluding hydrogens is 232 g/mol. The van der Waals surface area contributed by atoms with Gasteiger partial charge in [-0.05, 0) is 48.6 Å². The number of rotatable bonds is 3. The van der Waals surface area contributed by atoms with E-state index in [1.807, 2.05) is 43.5 Å². The molecule has 17 heavy (non-hydrogen) atoms. The Bertz CT molecular complexity index is 518. The van der Waals surface area contributed by atoms with Crippen LogP contribution < -0.4 is 4.74 Å². The number of thiophene rings is 1. The van der Waals surface area contributed by atoms with E-state index < -0.39 is 0 Å². The fourth-order valence-corrected chi connectivity index (χ4v) is 2.64. The SMILES string of the molecule is COc1c(C)cc(C(=O)c2cccs2)cc1C. The Kier molecular flexibility index (Phi) is 3.29. The first-order chi connectivity index (χ1) is 8.13. The van der Waals surface area contributed by atoms with Crippen LogP contribution in [-0.2, 0) is 0 Å². The van der Waals surface area contributed by atoms with Gasteiger partial charge >= 0.3 is 0 Å². The summed E-state index contributed by atoms with van der Waals surface area (Å²) in [7, 11) is 1.65. The highest BCUT2D eigenvalue weighted by molar-refractivity contribution is 7.12. The number of hydrogen-bond donors (Lipinski definition) is 0. The van der Waals surface area contributed by atoms with Crippen LogP contribution in [0.2, 0.25) is 0 Å². The Morgan fingerprint density at radius 3 is 2.35 bits per heavy atom. The number of aryl methyl sites for hydroxylation is 2. The van der Waals surface area contributed by atoms with Crippen molar-refractivity contribution >= 4 is 17.1 Å². The van der Waals surface area contributed by atoms with Gasteiger partial charge in [0.15, 0.2) is 0 Å². The van der Waals surface area contributed by atoms with Gasteiger partial charge in [-0.2, -0.15) is 0 Å². The lowest BCUT2D eigenvalue weighted by Crippen LogP contribution is -2.01. The highest BCUT2D eigenvalue weighted by Gasteiger charge is 2.13. The molecule has 0 radical (unpaired) electrons. The molecule has 0 saturated carbocycles. The van der Waals surface area contributed by atoms with Crippen LogP contribution in [0.25, 0.3) is 0 Å². The summed E-state index contributed by atoms with van der Waals surface area (Å²) in [4.78, 5) is 13.0. The van der Waals surface area contributed by atoms with E-state index in [2.05, 4.69) is 0 Å². The number of ketones is 1. The summed E-state index contributed by atoms with van der Waals surface area (Å²) in [6.07, 6.45) is 0. The monoisotopic (exact) mass is 246 g/mol. The van der Waals surface area contributed by atoms with Crippen molar-refractivity contribution in [2.24, 2.45) is 0 Å². The minimum atomic E-state index is 0.0776. The van der Waals surface area contributed by atoms with Gasteiger partial charge in [0.2, 0.25) is 5.78 Å². The van der Waals surface area contributed by atoms with Gasteiger partial charge in [0.1, 0.15) is 5.75 Å². The normalized spacial score (nSPS) is 10.3. The Hall–Kier alpha value is -1.61. The van der Waals surface area contributed by atoms with Crippen LogP contribution in [0.1, 0.15) is 26.4 Å². The molecule has 0 spiro atoms. The number of methoxy groups -OCH3 is 1. The molecule has 0 bridgehead atoms. The van der Waals surface area contributed by atoms with Gasteiger partial charge in [-0.3, -0.25) is 4.79 Å². The number of carbonyl (C=O) groups excluding carboxylic acids is 1. The molecule has 0 aliphatic carbocycles. The number of ether oxygens (including phenoxy) is 1. The van der Waals surface area contributed by atoms with E-state index >= 15 is 0 Å². The van der Waals surface area contributed by atoms with Crippen LogP contribution in [0.15, 0.2) is 29.6 Å². The highest BCUT2D eigenvalue weighted by Crippen LogP contribution is 2.26. The van der Waals surface area contributed by atoms with Gasteiger partial charge < -0.3 is 4.74 Å². The molecule has 3 heteroatoms. The second-order valence-corrected chi connectivity index (χ2v) is 4.90. The third-order valence-corrected chi connectivity index (χ3v) is 3.54. The maximum atomic E-state index is 12.2. The van der Waals surface area contributed by atoms with Crippen molar-refractivity contribution in [1.29, 1.82) is 0 Å². The summed E-state index contributed by atoms with van der Waals surface area (Å²) in [6.45, 7) is 3.91. The van der Waals surface area contributed by atoms with Crippen LogP contribution >= 0.6 is 11.3 Å². The molecule has 0 N–H and O–H groups in total. The van der Waals surface area contributed by atoms with E-state index in [-0.39, 0.29) is 5.78 Å². The molecule has 2 aromatic rings. The quantitative estimate of drug-likeness (QED) is 0.773. The summed E-state index contributed by atoms with van der Waals surface area (Å²) in [5, 5.41) is 1.91. The van der Waals surface area contributed by atoms with Crippen LogP contribution in [0, 0.1) is 13.8 Å². The van der Waals surface area contributed by atoms with E-state index in [9.17, 15) is 4.79 Å². The predicted octanol–water partition coefficient (Wildman–Crippen LogP) is 3.60. The lowest BCUT2D eigenvalue weighted by molar-refractivity contribution is 0.104. The van der Waals surface area contributed by atoms with E-state index in [0.29, 0.717) is 0 Å². The molecule has 0 atom stereocenters. The Balaban J connectivity index is 2.44. The van der Waals surface area contributed by atoms with E-state index in [0.717, 1.165) is 27.3 Å². The van der Waals surface area contributed by atoms with Crippen molar-refractivity contribution in [2.45, 2.75) is 13.8 Å². The summed E-state index contributed by atoms with van der Waals surface area (Å²) in [6, 6.07) is 7.50. The summed E-state index contributed by atoms with van der Waals surface area (Å²) < 4.78 is 5.29. The topological polar surface area (TPSA) is 26.3 Å². The van der Waals surface area contributed by atoms with Gasteiger partial charge in [0, 0.05) is 5.56 Å². The van der Waals surface area contributed by atoms with Crippen molar-refractivity contribution in [3.63, 3.8) is 0 Å². The minimum absolute atomic E-state index is 0.0776. The molecule has 1 aromatic heterocycles. The molecule has 0 saturated heterocycles. The van der Waals surface area contributed by atoms with Gasteiger partial charge in [-0.1, -0.05) is 6.07 Å². The van der Waals surface area contributed by atoms with E-state index in [4.69, 9.17) is 4.74 Å². The number of carbonyl (C=O) groups is 1. The largest absolute Gasteiger partial charge is 0.496 e. The molecule has 0 unspecified atom stereocenters. The lowest BCUT2D eigenvalue weighted by Gasteiger charge is -2.10. The molecular formula is C14H14O2S.